The molecule has 0 saturated heterocycles. The maximum Gasteiger partial charge on any atom is 0.243 e. The van der Waals surface area contributed by atoms with E-state index in [1.54, 1.807) is 26.1 Å². The molecule has 5 nitrogen and oxygen atoms in total. The van der Waals surface area contributed by atoms with Gasteiger partial charge in [0.2, 0.25) is 10.0 Å². The molecular formula is C17H18N2O3S. The molecule has 120 valence electrons. The van der Waals surface area contributed by atoms with Crippen LogP contribution >= 0.6 is 0 Å². The Bertz CT molecular complexity index is 941. The van der Waals surface area contributed by atoms with E-state index in [2.05, 4.69) is 5.16 Å². The van der Waals surface area contributed by atoms with Crippen LogP contribution in [-0.4, -0.2) is 24.9 Å². The number of sulfonamides is 1. The van der Waals surface area contributed by atoms with Crippen LogP contribution in [0.4, 0.5) is 0 Å². The van der Waals surface area contributed by atoms with Crippen molar-refractivity contribution in [2.75, 3.05) is 7.05 Å². The zero-order valence-corrected chi connectivity index (χ0v) is 14.1. The van der Waals surface area contributed by atoms with E-state index in [9.17, 15) is 8.42 Å². The second kappa shape index (κ2) is 5.79. The summed E-state index contributed by atoms with van der Waals surface area (Å²) in [6.07, 6.45) is 0. The molecule has 2 aromatic carbocycles. The molecule has 6 heteroatoms. The molecule has 0 aliphatic carbocycles. The van der Waals surface area contributed by atoms with Gasteiger partial charge in [-0.2, -0.15) is 4.31 Å². The van der Waals surface area contributed by atoms with Gasteiger partial charge in [-0.1, -0.05) is 35.5 Å². The molecule has 0 aliphatic rings. The number of hydrogen-bond acceptors (Lipinski definition) is 4. The maximum atomic E-state index is 12.8. The monoisotopic (exact) mass is 330 g/mol. The molecule has 0 fully saturated rings. The molecule has 0 saturated carbocycles. The molecule has 0 unspecified atom stereocenters. The number of hydrogen-bond donors (Lipinski definition) is 0. The lowest BCUT2D eigenvalue weighted by Gasteiger charge is -2.17. The Hall–Kier alpha value is -2.18. The second-order valence-corrected chi connectivity index (χ2v) is 7.62. The highest BCUT2D eigenvalue weighted by molar-refractivity contribution is 7.89. The fourth-order valence-electron chi connectivity index (χ4n) is 2.54. The summed E-state index contributed by atoms with van der Waals surface area (Å²) in [5.41, 5.74) is 1.51. The van der Waals surface area contributed by atoms with Crippen molar-refractivity contribution in [2.24, 2.45) is 0 Å². The van der Waals surface area contributed by atoms with Crippen molar-refractivity contribution >= 4 is 20.8 Å². The van der Waals surface area contributed by atoms with Gasteiger partial charge in [0, 0.05) is 19.2 Å². The number of aromatic nitrogens is 1. The number of benzene rings is 2. The summed E-state index contributed by atoms with van der Waals surface area (Å²) in [6, 6.07) is 12.9. The highest BCUT2D eigenvalue weighted by Crippen LogP contribution is 2.23. The standard InChI is InChI=1S/C17H18N2O3S/c1-12-17(13(2)22-18-12)11-19(3)23(20,21)16-9-8-14-6-4-5-7-15(14)10-16/h4-10H,11H2,1-3H3. The highest BCUT2D eigenvalue weighted by atomic mass is 32.2. The van der Waals surface area contributed by atoms with Gasteiger partial charge in [0.05, 0.1) is 10.6 Å². The Balaban J connectivity index is 1.96. The Kier molecular flexibility index (Phi) is 3.95. The Morgan fingerprint density at radius 1 is 1.09 bits per heavy atom. The van der Waals surface area contributed by atoms with Gasteiger partial charge < -0.3 is 4.52 Å². The molecule has 0 spiro atoms. The Labute approximate surface area is 135 Å². The fourth-order valence-corrected chi connectivity index (χ4v) is 3.72. The minimum absolute atomic E-state index is 0.232. The minimum Gasteiger partial charge on any atom is -0.361 e. The molecule has 3 aromatic rings. The SMILES string of the molecule is Cc1noc(C)c1CN(C)S(=O)(=O)c1ccc2ccccc2c1. The molecule has 0 bridgehead atoms. The van der Waals surface area contributed by atoms with Crippen LogP contribution in [0.2, 0.25) is 0 Å². The number of fused-ring (bicyclic) bond motifs is 1. The van der Waals surface area contributed by atoms with Gasteiger partial charge >= 0.3 is 0 Å². The third-order valence-corrected chi connectivity index (χ3v) is 5.79. The van der Waals surface area contributed by atoms with Crippen LogP contribution in [0.25, 0.3) is 10.8 Å². The first-order valence-corrected chi connectivity index (χ1v) is 8.70. The molecule has 0 radical (unpaired) electrons. The quantitative estimate of drug-likeness (QED) is 0.736. The molecule has 0 atom stereocenters. The molecule has 3 rings (SSSR count). The van der Waals surface area contributed by atoms with E-state index in [1.165, 1.54) is 4.31 Å². The van der Waals surface area contributed by atoms with Crippen molar-refractivity contribution in [3.63, 3.8) is 0 Å². The molecule has 0 aliphatic heterocycles. The van der Waals surface area contributed by atoms with Crippen molar-refractivity contribution in [3.05, 3.63) is 59.5 Å². The first-order valence-electron chi connectivity index (χ1n) is 7.26. The largest absolute Gasteiger partial charge is 0.361 e. The van der Waals surface area contributed by atoms with E-state index in [1.807, 2.05) is 37.3 Å². The molecule has 1 aromatic heterocycles. The first kappa shape index (κ1) is 15.7. The van der Waals surface area contributed by atoms with E-state index in [4.69, 9.17) is 4.52 Å². The Morgan fingerprint density at radius 3 is 2.43 bits per heavy atom. The van der Waals surface area contributed by atoms with Gasteiger partial charge in [0.15, 0.2) is 0 Å². The third-order valence-electron chi connectivity index (χ3n) is 3.99. The molecule has 23 heavy (non-hydrogen) atoms. The van der Waals surface area contributed by atoms with Crippen LogP contribution in [-0.2, 0) is 16.6 Å². The predicted molar refractivity (Wildman–Crippen MR) is 88.6 cm³/mol. The average Bonchev–Trinajstić information content (AvgIpc) is 2.86. The smallest absolute Gasteiger partial charge is 0.243 e. The average molecular weight is 330 g/mol. The molecule has 0 N–H and O–H groups in total. The summed E-state index contributed by atoms with van der Waals surface area (Å²) >= 11 is 0. The zero-order valence-electron chi connectivity index (χ0n) is 13.3. The Morgan fingerprint density at radius 2 is 1.78 bits per heavy atom. The van der Waals surface area contributed by atoms with Crippen molar-refractivity contribution < 1.29 is 12.9 Å². The van der Waals surface area contributed by atoms with E-state index in [0.29, 0.717) is 11.5 Å². The maximum absolute atomic E-state index is 12.8. The van der Waals surface area contributed by atoms with E-state index >= 15 is 0 Å². The van der Waals surface area contributed by atoms with Crippen LogP contribution in [0.3, 0.4) is 0 Å². The summed E-state index contributed by atoms with van der Waals surface area (Å²) in [5.74, 6) is 0.642. The van der Waals surface area contributed by atoms with Crippen LogP contribution in [0.1, 0.15) is 17.0 Å². The summed E-state index contributed by atoms with van der Waals surface area (Å²) in [4.78, 5) is 0.283. The zero-order chi connectivity index (χ0) is 16.6. The van der Waals surface area contributed by atoms with Crippen molar-refractivity contribution in [1.29, 1.82) is 0 Å². The van der Waals surface area contributed by atoms with Gasteiger partial charge in [-0.3, -0.25) is 0 Å². The summed E-state index contributed by atoms with van der Waals surface area (Å²) < 4.78 is 32.0. The second-order valence-electron chi connectivity index (χ2n) is 5.57. The van der Waals surface area contributed by atoms with E-state index < -0.39 is 10.0 Å². The first-order chi connectivity index (χ1) is 10.9. The summed E-state index contributed by atoms with van der Waals surface area (Å²) in [5, 5.41) is 5.78. The molecule has 0 amide bonds. The van der Waals surface area contributed by atoms with Crippen molar-refractivity contribution in [2.45, 2.75) is 25.3 Å². The number of nitrogens with zero attached hydrogens (tertiary/aromatic N) is 2. The van der Waals surface area contributed by atoms with Crippen LogP contribution in [0, 0.1) is 13.8 Å². The minimum atomic E-state index is -3.58. The topological polar surface area (TPSA) is 63.4 Å². The lowest BCUT2D eigenvalue weighted by Crippen LogP contribution is -2.26. The summed E-state index contributed by atoms with van der Waals surface area (Å²) in [6.45, 7) is 3.82. The van der Waals surface area contributed by atoms with Crippen LogP contribution in [0.15, 0.2) is 51.9 Å². The third kappa shape index (κ3) is 2.87. The number of rotatable bonds is 4. The lowest BCUT2D eigenvalue weighted by molar-refractivity contribution is 0.390. The molecular weight excluding hydrogens is 312 g/mol. The highest BCUT2D eigenvalue weighted by Gasteiger charge is 2.23. The van der Waals surface area contributed by atoms with E-state index in [-0.39, 0.29) is 11.4 Å². The van der Waals surface area contributed by atoms with Gasteiger partial charge in [-0.05, 0) is 36.8 Å². The fraction of sp³-hybridized carbons (Fsp3) is 0.235. The predicted octanol–water partition coefficient (Wildman–Crippen LogP) is 3.27. The van der Waals surface area contributed by atoms with Gasteiger partial charge in [0.25, 0.3) is 0 Å². The van der Waals surface area contributed by atoms with Crippen LogP contribution in [0.5, 0.6) is 0 Å². The number of aryl methyl sites for hydroxylation is 2. The summed E-state index contributed by atoms with van der Waals surface area (Å²) in [7, 11) is -2.01. The lowest BCUT2D eigenvalue weighted by atomic mass is 10.1. The molecule has 1 heterocycles. The van der Waals surface area contributed by atoms with Crippen LogP contribution < -0.4 is 0 Å². The van der Waals surface area contributed by atoms with Crippen molar-refractivity contribution in [1.82, 2.24) is 9.46 Å². The van der Waals surface area contributed by atoms with Gasteiger partial charge in [-0.25, -0.2) is 8.42 Å². The normalized spacial score (nSPS) is 12.2. The van der Waals surface area contributed by atoms with E-state index in [0.717, 1.165) is 16.3 Å². The van der Waals surface area contributed by atoms with Gasteiger partial charge in [-0.15, -0.1) is 0 Å². The van der Waals surface area contributed by atoms with Crippen molar-refractivity contribution in [3.8, 4) is 0 Å². The van der Waals surface area contributed by atoms with Gasteiger partial charge in [0.1, 0.15) is 5.76 Å².